The highest BCUT2D eigenvalue weighted by molar-refractivity contribution is 9.10. The van der Waals surface area contributed by atoms with Crippen molar-refractivity contribution in [2.45, 2.75) is 13.0 Å². The van der Waals surface area contributed by atoms with E-state index in [4.69, 9.17) is 4.74 Å². The number of rotatable bonds is 2. The second-order valence-corrected chi connectivity index (χ2v) is 6.22. The quantitative estimate of drug-likeness (QED) is 0.875. The number of nitrogens with one attached hydrogen (secondary N) is 1. The van der Waals surface area contributed by atoms with E-state index >= 15 is 0 Å². The fraction of sp³-hybridized carbons (Fsp3) is 0.176. The molecule has 1 aliphatic rings. The summed E-state index contributed by atoms with van der Waals surface area (Å²) < 4.78 is 6.40. The molecule has 0 aromatic heterocycles. The zero-order valence-electron chi connectivity index (χ0n) is 12.7. The predicted molar refractivity (Wildman–Crippen MR) is 92.0 cm³/mol. The molecule has 2 aromatic rings. The maximum absolute atomic E-state index is 12.3. The molecule has 0 saturated carbocycles. The molecule has 1 N–H and O–H groups in total. The first-order valence-electron chi connectivity index (χ1n) is 7.11. The number of nitrogens with zero attached hydrogens (tertiary/aromatic N) is 1. The Labute approximate surface area is 142 Å². The molecule has 23 heavy (non-hydrogen) atoms. The fourth-order valence-electron chi connectivity index (χ4n) is 2.42. The fourth-order valence-corrected chi connectivity index (χ4v) is 2.82. The lowest BCUT2D eigenvalue weighted by molar-refractivity contribution is -0.125. The summed E-state index contributed by atoms with van der Waals surface area (Å²) in [4.78, 5) is 25.8. The van der Waals surface area contributed by atoms with Crippen LogP contribution in [0.1, 0.15) is 17.3 Å². The summed E-state index contributed by atoms with van der Waals surface area (Å²) in [5.74, 6) is 0.290. The molecule has 0 radical (unpaired) electrons. The number of hydrogen-bond acceptors (Lipinski definition) is 3. The minimum Gasteiger partial charge on any atom is -0.479 e. The number of fused-ring (bicyclic) bond motifs is 1. The van der Waals surface area contributed by atoms with Gasteiger partial charge in [0.1, 0.15) is 5.75 Å². The van der Waals surface area contributed by atoms with Gasteiger partial charge in [-0.25, -0.2) is 0 Å². The van der Waals surface area contributed by atoms with E-state index in [1.54, 1.807) is 50.4 Å². The molecule has 2 aromatic carbocycles. The number of carbonyl (C=O) groups is 2. The van der Waals surface area contributed by atoms with Gasteiger partial charge >= 0.3 is 0 Å². The highest BCUT2D eigenvalue weighted by Crippen LogP contribution is 2.35. The van der Waals surface area contributed by atoms with E-state index in [-0.39, 0.29) is 11.8 Å². The maximum Gasteiger partial charge on any atom is 0.267 e. The average molecular weight is 375 g/mol. The van der Waals surface area contributed by atoms with Gasteiger partial charge in [0, 0.05) is 22.8 Å². The molecule has 1 aliphatic heterocycles. The van der Waals surface area contributed by atoms with Crippen molar-refractivity contribution < 1.29 is 14.3 Å². The second-order valence-electron chi connectivity index (χ2n) is 5.30. The van der Waals surface area contributed by atoms with Crippen LogP contribution in [0.4, 0.5) is 11.4 Å². The number of likely N-dealkylation sites (N-methyl/N-ethyl adjacent to an activating group) is 1. The first kappa shape index (κ1) is 15.6. The zero-order chi connectivity index (χ0) is 16.6. The van der Waals surface area contributed by atoms with Gasteiger partial charge in [0.15, 0.2) is 6.10 Å². The lowest BCUT2D eigenvalue weighted by atomic mass is 10.1. The number of benzene rings is 2. The highest BCUT2D eigenvalue weighted by atomic mass is 79.9. The molecule has 118 valence electrons. The summed E-state index contributed by atoms with van der Waals surface area (Å²) in [6.45, 7) is 1.71. The predicted octanol–water partition coefficient (Wildman–Crippen LogP) is 3.45. The van der Waals surface area contributed by atoms with Gasteiger partial charge in [-0.1, -0.05) is 22.0 Å². The van der Waals surface area contributed by atoms with Crippen LogP contribution >= 0.6 is 15.9 Å². The standard InChI is InChI=1S/C17H15BrN2O3/c1-10-17(22)20(2)14-9-13(6-7-15(14)23-10)19-16(21)11-4-3-5-12(18)8-11/h3-10H,1-2H3,(H,19,21). The van der Waals surface area contributed by atoms with E-state index in [0.717, 1.165) is 4.47 Å². The van der Waals surface area contributed by atoms with Crippen molar-refractivity contribution in [3.05, 3.63) is 52.5 Å². The zero-order valence-corrected chi connectivity index (χ0v) is 14.3. The monoisotopic (exact) mass is 374 g/mol. The minimum absolute atomic E-state index is 0.118. The summed E-state index contributed by atoms with van der Waals surface area (Å²) >= 11 is 3.34. The van der Waals surface area contributed by atoms with Crippen molar-refractivity contribution >= 4 is 39.1 Å². The third kappa shape index (κ3) is 3.07. The molecule has 0 saturated heterocycles. The molecular weight excluding hydrogens is 360 g/mol. The molecule has 1 atom stereocenters. The Morgan fingerprint density at radius 1 is 1.26 bits per heavy atom. The van der Waals surface area contributed by atoms with Crippen LogP contribution in [-0.4, -0.2) is 25.0 Å². The van der Waals surface area contributed by atoms with Gasteiger partial charge in [0.2, 0.25) is 0 Å². The molecule has 1 unspecified atom stereocenters. The van der Waals surface area contributed by atoms with Crippen molar-refractivity contribution in [2.75, 3.05) is 17.3 Å². The van der Waals surface area contributed by atoms with Crippen LogP contribution in [-0.2, 0) is 4.79 Å². The van der Waals surface area contributed by atoms with Gasteiger partial charge < -0.3 is 15.0 Å². The van der Waals surface area contributed by atoms with Gasteiger partial charge in [-0.05, 0) is 43.3 Å². The van der Waals surface area contributed by atoms with Gasteiger partial charge in [-0.2, -0.15) is 0 Å². The van der Waals surface area contributed by atoms with E-state index in [9.17, 15) is 9.59 Å². The lowest BCUT2D eigenvalue weighted by Crippen LogP contribution is -2.41. The number of amides is 2. The third-order valence-electron chi connectivity index (χ3n) is 3.65. The van der Waals surface area contributed by atoms with Gasteiger partial charge in [0.25, 0.3) is 11.8 Å². The Morgan fingerprint density at radius 2 is 2.04 bits per heavy atom. The van der Waals surface area contributed by atoms with Crippen LogP contribution in [0, 0.1) is 0 Å². The maximum atomic E-state index is 12.3. The lowest BCUT2D eigenvalue weighted by Gasteiger charge is -2.30. The smallest absolute Gasteiger partial charge is 0.267 e. The molecule has 0 aliphatic carbocycles. The number of ether oxygens (including phenoxy) is 1. The Morgan fingerprint density at radius 3 is 2.78 bits per heavy atom. The van der Waals surface area contributed by atoms with E-state index in [0.29, 0.717) is 22.7 Å². The topological polar surface area (TPSA) is 58.6 Å². The van der Waals surface area contributed by atoms with Gasteiger partial charge in [-0.3, -0.25) is 9.59 Å². The minimum atomic E-state index is -0.505. The average Bonchev–Trinajstić information content (AvgIpc) is 2.53. The highest BCUT2D eigenvalue weighted by Gasteiger charge is 2.29. The Hall–Kier alpha value is -2.34. The number of hydrogen-bond donors (Lipinski definition) is 1. The number of anilines is 2. The van der Waals surface area contributed by atoms with Gasteiger partial charge in [0.05, 0.1) is 5.69 Å². The summed E-state index contributed by atoms with van der Waals surface area (Å²) in [7, 11) is 1.69. The van der Waals surface area contributed by atoms with Crippen LogP contribution in [0.5, 0.6) is 5.75 Å². The van der Waals surface area contributed by atoms with Crippen LogP contribution in [0.2, 0.25) is 0 Å². The molecule has 5 nitrogen and oxygen atoms in total. The van der Waals surface area contributed by atoms with Crippen molar-refractivity contribution in [1.82, 2.24) is 0 Å². The molecule has 0 fully saturated rings. The van der Waals surface area contributed by atoms with Crippen LogP contribution in [0.15, 0.2) is 46.9 Å². The van der Waals surface area contributed by atoms with Crippen molar-refractivity contribution in [2.24, 2.45) is 0 Å². The Balaban J connectivity index is 1.85. The molecule has 0 bridgehead atoms. The summed E-state index contributed by atoms with van der Waals surface area (Å²) in [6, 6.07) is 12.4. The second kappa shape index (κ2) is 6.04. The van der Waals surface area contributed by atoms with E-state index in [1.807, 2.05) is 6.07 Å². The van der Waals surface area contributed by atoms with E-state index in [1.165, 1.54) is 4.90 Å². The molecule has 1 heterocycles. The molecule has 0 spiro atoms. The Kier molecular flexibility index (Phi) is 4.09. The Bertz CT molecular complexity index is 791. The summed E-state index contributed by atoms with van der Waals surface area (Å²) in [5.41, 5.74) is 1.79. The number of carbonyl (C=O) groups excluding carboxylic acids is 2. The SMILES string of the molecule is CC1Oc2ccc(NC(=O)c3cccc(Br)c3)cc2N(C)C1=O. The van der Waals surface area contributed by atoms with Crippen molar-refractivity contribution in [3.63, 3.8) is 0 Å². The van der Waals surface area contributed by atoms with Gasteiger partial charge in [-0.15, -0.1) is 0 Å². The van der Waals surface area contributed by atoms with E-state index < -0.39 is 6.10 Å². The first-order chi connectivity index (χ1) is 11.0. The van der Waals surface area contributed by atoms with E-state index in [2.05, 4.69) is 21.2 Å². The third-order valence-corrected chi connectivity index (χ3v) is 4.14. The molecule has 6 heteroatoms. The van der Waals surface area contributed by atoms with Crippen molar-refractivity contribution in [1.29, 1.82) is 0 Å². The van der Waals surface area contributed by atoms with Crippen LogP contribution < -0.4 is 15.0 Å². The molecule has 3 rings (SSSR count). The first-order valence-corrected chi connectivity index (χ1v) is 7.90. The van der Waals surface area contributed by atoms with Crippen LogP contribution in [0.3, 0.4) is 0 Å². The summed E-state index contributed by atoms with van der Waals surface area (Å²) in [6.07, 6.45) is -0.505. The van der Waals surface area contributed by atoms with Crippen LogP contribution in [0.25, 0.3) is 0 Å². The van der Waals surface area contributed by atoms with Crippen molar-refractivity contribution in [3.8, 4) is 5.75 Å². The number of halogens is 1. The normalized spacial score (nSPS) is 16.6. The largest absolute Gasteiger partial charge is 0.479 e. The molecule has 2 amide bonds. The summed E-state index contributed by atoms with van der Waals surface area (Å²) in [5, 5.41) is 2.83. The molecular formula is C17H15BrN2O3.